The molecule has 1 amide bonds. The van der Waals surface area contributed by atoms with Crippen molar-refractivity contribution in [2.24, 2.45) is 0 Å². The van der Waals surface area contributed by atoms with E-state index in [0.29, 0.717) is 11.1 Å². The van der Waals surface area contributed by atoms with Crippen molar-refractivity contribution in [3.8, 4) is 6.07 Å². The summed E-state index contributed by atoms with van der Waals surface area (Å²) in [6.07, 6.45) is -4.40. The Morgan fingerprint density at radius 3 is 2.19 bits per heavy atom. The van der Waals surface area contributed by atoms with Gasteiger partial charge in [0.15, 0.2) is 0 Å². The maximum atomic E-state index is 12.6. The Bertz CT molecular complexity index is 854. The van der Waals surface area contributed by atoms with Crippen LogP contribution in [0.25, 0.3) is 0 Å². The number of halogens is 3. The molecule has 0 aliphatic heterocycles. The zero-order valence-corrected chi connectivity index (χ0v) is 14.2. The van der Waals surface area contributed by atoms with E-state index in [2.05, 4.69) is 10.1 Å². The Morgan fingerprint density at radius 1 is 1.11 bits per heavy atom. The van der Waals surface area contributed by atoms with E-state index in [1.165, 1.54) is 7.11 Å². The van der Waals surface area contributed by atoms with E-state index in [1.807, 2.05) is 6.07 Å². The molecule has 0 radical (unpaired) electrons. The van der Waals surface area contributed by atoms with Gasteiger partial charge in [0, 0.05) is 12.0 Å². The molecule has 0 bridgehead atoms. The zero-order chi connectivity index (χ0) is 20.0. The van der Waals surface area contributed by atoms with Crippen LogP contribution in [0.4, 0.5) is 13.2 Å². The van der Waals surface area contributed by atoms with Crippen LogP contribution < -0.4 is 5.32 Å². The highest BCUT2D eigenvalue weighted by atomic mass is 19.4. The quantitative estimate of drug-likeness (QED) is 0.814. The number of benzene rings is 2. The molecule has 2 aromatic rings. The van der Waals surface area contributed by atoms with Crippen molar-refractivity contribution >= 4 is 11.9 Å². The molecule has 5 nitrogen and oxygen atoms in total. The number of ether oxygens (including phenoxy) is 1. The minimum absolute atomic E-state index is 0.0169. The molecular weight excluding hydrogens is 361 g/mol. The summed E-state index contributed by atoms with van der Waals surface area (Å²) in [7, 11) is 1.17. The van der Waals surface area contributed by atoms with Gasteiger partial charge in [-0.1, -0.05) is 12.1 Å². The van der Waals surface area contributed by atoms with E-state index in [-0.39, 0.29) is 12.0 Å². The third-order valence-electron chi connectivity index (χ3n) is 3.79. The number of rotatable bonds is 5. The van der Waals surface area contributed by atoms with Gasteiger partial charge in [0.05, 0.1) is 24.3 Å². The molecule has 0 spiro atoms. The van der Waals surface area contributed by atoms with Crippen LogP contribution in [0.1, 0.15) is 27.0 Å². The Kier molecular flexibility index (Phi) is 6.19. The molecule has 1 atom stereocenters. The summed E-state index contributed by atoms with van der Waals surface area (Å²) in [4.78, 5) is 24.2. The van der Waals surface area contributed by atoms with Crippen LogP contribution in [0.2, 0.25) is 0 Å². The second kappa shape index (κ2) is 8.36. The van der Waals surface area contributed by atoms with Gasteiger partial charge >= 0.3 is 12.1 Å². The highest BCUT2D eigenvalue weighted by Gasteiger charge is 2.30. The Labute approximate surface area is 153 Å². The van der Waals surface area contributed by atoms with Crippen LogP contribution in [0.5, 0.6) is 0 Å². The van der Waals surface area contributed by atoms with Gasteiger partial charge in [-0.25, -0.2) is 4.79 Å². The third kappa shape index (κ3) is 5.31. The molecule has 8 heteroatoms. The molecule has 0 aliphatic carbocycles. The van der Waals surface area contributed by atoms with Gasteiger partial charge < -0.3 is 10.1 Å². The zero-order valence-electron chi connectivity index (χ0n) is 14.2. The summed E-state index contributed by atoms with van der Waals surface area (Å²) in [5, 5.41) is 11.3. The summed E-state index contributed by atoms with van der Waals surface area (Å²) in [5.74, 6) is -1.40. The molecule has 1 N–H and O–H groups in total. The number of nitrogens with zero attached hydrogens (tertiary/aromatic N) is 1. The average Bonchev–Trinajstić information content (AvgIpc) is 2.66. The van der Waals surface area contributed by atoms with Gasteiger partial charge in [-0.15, -0.1) is 0 Å². The molecule has 0 saturated carbocycles. The second-order valence-corrected chi connectivity index (χ2v) is 5.64. The first-order chi connectivity index (χ1) is 12.7. The molecule has 0 unspecified atom stereocenters. The van der Waals surface area contributed by atoms with Crippen molar-refractivity contribution in [1.82, 2.24) is 5.32 Å². The van der Waals surface area contributed by atoms with Crippen LogP contribution in [-0.2, 0) is 22.1 Å². The van der Waals surface area contributed by atoms with E-state index in [9.17, 15) is 22.8 Å². The number of methoxy groups -OCH3 is 1. The fourth-order valence-corrected chi connectivity index (χ4v) is 2.34. The SMILES string of the molecule is COC(=O)[C@@H](Cc1ccc(C#N)cc1)NC(=O)c1ccc(C(F)(F)F)cc1. The lowest BCUT2D eigenvalue weighted by Gasteiger charge is -2.17. The second-order valence-electron chi connectivity index (χ2n) is 5.64. The molecular formula is C19H15F3N2O3. The Hall–Kier alpha value is -3.34. The van der Waals surface area contributed by atoms with Crippen LogP contribution >= 0.6 is 0 Å². The molecule has 27 heavy (non-hydrogen) atoms. The molecule has 140 valence electrons. The van der Waals surface area contributed by atoms with Crippen LogP contribution in [0.15, 0.2) is 48.5 Å². The number of hydrogen-bond acceptors (Lipinski definition) is 4. The molecule has 0 saturated heterocycles. The number of carbonyl (C=O) groups is 2. The summed E-state index contributed by atoms with van der Waals surface area (Å²) in [6, 6.07) is 11.0. The monoisotopic (exact) mass is 376 g/mol. The fraction of sp³-hybridized carbons (Fsp3) is 0.211. The van der Waals surface area contributed by atoms with E-state index < -0.39 is 29.7 Å². The first-order valence-electron chi connectivity index (χ1n) is 7.79. The highest BCUT2D eigenvalue weighted by Crippen LogP contribution is 2.29. The number of alkyl halides is 3. The first kappa shape index (κ1) is 20.0. The molecule has 2 aromatic carbocycles. The Balaban J connectivity index is 2.14. The third-order valence-corrected chi connectivity index (χ3v) is 3.79. The van der Waals surface area contributed by atoms with Gasteiger partial charge in [-0.3, -0.25) is 4.79 Å². The van der Waals surface area contributed by atoms with E-state index in [1.54, 1.807) is 24.3 Å². The number of carbonyl (C=O) groups excluding carboxylic acids is 2. The molecule has 0 aliphatic rings. The molecule has 0 aromatic heterocycles. The smallest absolute Gasteiger partial charge is 0.416 e. The average molecular weight is 376 g/mol. The van der Waals surface area contributed by atoms with Crippen molar-refractivity contribution in [2.45, 2.75) is 18.6 Å². The minimum atomic E-state index is -4.50. The number of amides is 1. The van der Waals surface area contributed by atoms with Crippen LogP contribution in [0.3, 0.4) is 0 Å². The van der Waals surface area contributed by atoms with Crippen molar-refractivity contribution in [3.05, 3.63) is 70.8 Å². The summed E-state index contributed by atoms with van der Waals surface area (Å²) >= 11 is 0. The summed E-state index contributed by atoms with van der Waals surface area (Å²) in [6.45, 7) is 0. The number of esters is 1. The number of nitrogens with one attached hydrogen (secondary N) is 1. The predicted octanol–water partition coefficient (Wildman–Crippen LogP) is 3.09. The number of hydrogen-bond donors (Lipinski definition) is 1. The lowest BCUT2D eigenvalue weighted by Crippen LogP contribution is -2.43. The van der Waals surface area contributed by atoms with Crippen molar-refractivity contribution in [1.29, 1.82) is 5.26 Å². The topological polar surface area (TPSA) is 79.2 Å². The van der Waals surface area contributed by atoms with Gasteiger partial charge in [0.2, 0.25) is 0 Å². The maximum absolute atomic E-state index is 12.6. The van der Waals surface area contributed by atoms with Crippen molar-refractivity contribution < 1.29 is 27.5 Å². The maximum Gasteiger partial charge on any atom is 0.416 e. The summed E-state index contributed by atoms with van der Waals surface area (Å²) in [5.41, 5.74) is 0.233. The van der Waals surface area contributed by atoms with E-state index >= 15 is 0 Å². The van der Waals surface area contributed by atoms with Crippen LogP contribution in [0, 0.1) is 11.3 Å². The molecule has 0 heterocycles. The minimum Gasteiger partial charge on any atom is -0.467 e. The van der Waals surface area contributed by atoms with E-state index in [4.69, 9.17) is 5.26 Å². The van der Waals surface area contributed by atoms with Crippen LogP contribution in [-0.4, -0.2) is 25.0 Å². The van der Waals surface area contributed by atoms with Gasteiger partial charge in [0.1, 0.15) is 6.04 Å². The lowest BCUT2D eigenvalue weighted by atomic mass is 10.0. The lowest BCUT2D eigenvalue weighted by molar-refractivity contribution is -0.142. The van der Waals surface area contributed by atoms with Crippen molar-refractivity contribution in [3.63, 3.8) is 0 Å². The van der Waals surface area contributed by atoms with Gasteiger partial charge in [-0.2, -0.15) is 18.4 Å². The van der Waals surface area contributed by atoms with Crippen molar-refractivity contribution in [2.75, 3.05) is 7.11 Å². The molecule has 2 rings (SSSR count). The van der Waals surface area contributed by atoms with Gasteiger partial charge in [0.25, 0.3) is 5.91 Å². The standard InChI is InChI=1S/C19H15F3N2O3/c1-27-18(26)16(10-12-2-4-13(11-23)5-3-12)24-17(25)14-6-8-15(9-7-14)19(20,21)22/h2-9,16H,10H2,1H3,(H,24,25)/t16-/m1/s1. The normalized spacial score (nSPS) is 12.0. The largest absolute Gasteiger partial charge is 0.467 e. The fourth-order valence-electron chi connectivity index (χ4n) is 2.34. The first-order valence-corrected chi connectivity index (χ1v) is 7.79. The highest BCUT2D eigenvalue weighted by molar-refractivity contribution is 5.96. The van der Waals surface area contributed by atoms with Gasteiger partial charge in [-0.05, 0) is 42.0 Å². The molecule has 0 fully saturated rings. The predicted molar refractivity (Wildman–Crippen MR) is 89.6 cm³/mol. The summed E-state index contributed by atoms with van der Waals surface area (Å²) < 4.78 is 42.5. The number of nitriles is 1. The Morgan fingerprint density at radius 2 is 1.70 bits per heavy atom. The van der Waals surface area contributed by atoms with E-state index in [0.717, 1.165) is 24.3 Å².